The van der Waals surface area contributed by atoms with Gasteiger partial charge in [-0.15, -0.1) is 0 Å². The number of aryl methyl sites for hydroxylation is 2. The fourth-order valence-corrected chi connectivity index (χ4v) is 3.74. The zero-order chi connectivity index (χ0) is 20.1. The largest absolute Gasteiger partial charge is 0.497 e. The predicted octanol–water partition coefficient (Wildman–Crippen LogP) is 3.49. The Labute approximate surface area is 166 Å². The van der Waals surface area contributed by atoms with Gasteiger partial charge in [-0.3, -0.25) is 9.59 Å². The zero-order valence-corrected chi connectivity index (χ0v) is 16.8. The summed E-state index contributed by atoms with van der Waals surface area (Å²) in [4.78, 5) is 27.2. The van der Waals surface area contributed by atoms with Crippen molar-refractivity contribution >= 4 is 17.5 Å². The topological polar surface area (TPSA) is 58.6 Å². The third kappa shape index (κ3) is 4.19. The first-order valence-electron chi connectivity index (χ1n) is 9.89. The van der Waals surface area contributed by atoms with E-state index < -0.39 is 0 Å². The van der Waals surface area contributed by atoms with E-state index in [1.165, 1.54) is 0 Å². The molecule has 1 aliphatic rings. The molecule has 2 amide bonds. The Kier molecular flexibility index (Phi) is 6.34. The van der Waals surface area contributed by atoms with Crippen LogP contribution in [0, 0.1) is 5.92 Å². The SMILES string of the molecule is CCc1cccc(CC)c1N1CC(C(=O)NCc2ccc(OC)cc2)CC1=O. The summed E-state index contributed by atoms with van der Waals surface area (Å²) in [5.74, 6) is 0.424. The van der Waals surface area contributed by atoms with Gasteiger partial charge in [-0.2, -0.15) is 0 Å². The summed E-state index contributed by atoms with van der Waals surface area (Å²) in [5.41, 5.74) is 4.32. The van der Waals surface area contributed by atoms with Crippen molar-refractivity contribution in [3.8, 4) is 5.75 Å². The van der Waals surface area contributed by atoms with E-state index in [1.807, 2.05) is 35.2 Å². The lowest BCUT2D eigenvalue weighted by molar-refractivity contribution is -0.126. The van der Waals surface area contributed by atoms with Gasteiger partial charge in [-0.05, 0) is 41.7 Å². The van der Waals surface area contributed by atoms with Gasteiger partial charge in [0, 0.05) is 25.2 Å². The molecule has 2 aromatic carbocycles. The molecule has 0 spiro atoms. The number of methoxy groups -OCH3 is 1. The second kappa shape index (κ2) is 8.91. The highest BCUT2D eigenvalue weighted by atomic mass is 16.5. The number of hydrogen-bond acceptors (Lipinski definition) is 3. The first kappa shape index (κ1) is 19.9. The highest BCUT2D eigenvalue weighted by Gasteiger charge is 2.36. The van der Waals surface area contributed by atoms with Crippen molar-refractivity contribution < 1.29 is 14.3 Å². The van der Waals surface area contributed by atoms with Crippen LogP contribution in [0.4, 0.5) is 5.69 Å². The van der Waals surface area contributed by atoms with E-state index in [1.54, 1.807) is 7.11 Å². The average Bonchev–Trinajstić information content (AvgIpc) is 3.12. The summed E-state index contributed by atoms with van der Waals surface area (Å²) in [6.45, 7) is 5.08. The van der Waals surface area contributed by atoms with Crippen LogP contribution in [0.5, 0.6) is 5.75 Å². The van der Waals surface area contributed by atoms with Crippen molar-refractivity contribution in [1.82, 2.24) is 5.32 Å². The molecule has 1 fully saturated rings. The average molecular weight is 380 g/mol. The maximum atomic E-state index is 12.7. The van der Waals surface area contributed by atoms with Gasteiger partial charge in [0.25, 0.3) is 0 Å². The second-order valence-electron chi connectivity index (χ2n) is 7.10. The van der Waals surface area contributed by atoms with Crippen LogP contribution in [0.2, 0.25) is 0 Å². The van der Waals surface area contributed by atoms with Crippen LogP contribution in [0.3, 0.4) is 0 Å². The number of para-hydroxylation sites is 1. The standard InChI is InChI=1S/C23H28N2O3/c1-4-17-7-6-8-18(5-2)22(17)25-15-19(13-21(25)26)23(27)24-14-16-9-11-20(28-3)12-10-16/h6-12,19H,4-5,13-15H2,1-3H3,(H,24,27). The highest BCUT2D eigenvalue weighted by molar-refractivity contribution is 6.01. The van der Waals surface area contributed by atoms with Crippen molar-refractivity contribution in [3.63, 3.8) is 0 Å². The highest BCUT2D eigenvalue weighted by Crippen LogP contribution is 2.32. The Morgan fingerprint density at radius 1 is 1.11 bits per heavy atom. The number of nitrogens with one attached hydrogen (secondary N) is 1. The quantitative estimate of drug-likeness (QED) is 0.800. The first-order chi connectivity index (χ1) is 13.6. The van der Waals surface area contributed by atoms with Crippen molar-refractivity contribution in [2.24, 2.45) is 5.92 Å². The maximum absolute atomic E-state index is 12.7. The van der Waals surface area contributed by atoms with E-state index in [2.05, 4.69) is 31.3 Å². The fourth-order valence-electron chi connectivity index (χ4n) is 3.74. The van der Waals surface area contributed by atoms with Gasteiger partial charge >= 0.3 is 0 Å². The lowest BCUT2D eigenvalue weighted by Crippen LogP contribution is -2.33. The number of carbonyl (C=O) groups excluding carboxylic acids is 2. The van der Waals surface area contributed by atoms with E-state index in [0.717, 1.165) is 41.0 Å². The summed E-state index contributed by atoms with van der Waals surface area (Å²) in [6.07, 6.45) is 1.98. The molecule has 1 aliphatic heterocycles. The van der Waals surface area contributed by atoms with Crippen molar-refractivity contribution in [2.45, 2.75) is 39.7 Å². The summed E-state index contributed by atoms with van der Waals surface area (Å²) in [5, 5.41) is 2.97. The zero-order valence-electron chi connectivity index (χ0n) is 16.8. The number of rotatable bonds is 7. The predicted molar refractivity (Wildman–Crippen MR) is 110 cm³/mol. The summed E-state index contributed by atoms with van der Waals surface area (Å²) >= 11 is 0. The van der Waals surface area contributed by atoms with E-state index in [-0.39, 0.29) is 24.2 Å². The smallest absolute Gasteiger partial charge is 0.227 e. The lowest BCUT2D eigenvalue weighted by Gasteiger charge is -2.23. The molecule has 0 aromatic heterocycles. The molecule has 1 N–H and O–H groups in total. The lowest BCUT2D eigenvalue weighted by atomic mass is 10.0. The summed E-state index contributed by atoms with van der Waals surface area (Å²) in [6, 6.07) is 13.8. The molecule has 0 bridgehead atoms. The van der Waals surface area contributed by atoms with Crippen LogP contribution in [0.25, 0.3) is 0 Å². The maximum Gasteiger partial charge on any atom is 0.227 e. The van der Waals surface area contributed by atoms with Gasteiger partial charge < -0.3 is 15.0 Å². The monoisotopic (exact) mass is 380 g/mol. The summed E-state index contributed by atoms with van der Waals surface area (Å²) < 4.78 is 5.15. The molecule has 28 heavy (non-hydrogen) atoms. The van der Waals surface area contributed by atoms with Crippen LogP contribution in [0.1, 0.15) is 37.0 Å². The Morgan fingerprint density at radius 2 is 1.75 bits per heavy atom. The minimum Gasteiger partial charge on any atom is -0.497 e. The Morgan fingerprint density at radius 3 is 2.32 bits per heavy atom. The van der Waals surface area contributed by atoms with E-state index in [9.17, 15) is 9.59 Å². The van der Waals surface area contributed by atoms with Gasteiger partial charge in [0.1, 0.15) is 5.75 Å². The number of ether oxygens (including phenoxy) is 1. The van der Waals surface area contributed by atoms with Crippen molar-refractivity contribution in [2.75, 3.05) is 18.6 Å². The minimum atomic E-state index is -0.319. The molecule has 148 valence electrons. The van der Waals surface area contributed by atoms with Crippen LogP contribution in [0.15, 0.2) is 42.5 Å². The van der Waals surface area contributed by atoms with E-state index in [0.29, 0.717) is 13.1 Å². The molecule has 1 unspecified atom stereocenters. The molecule has 1 saturated heterocycles. The number of anilines is 1. The third-order valence-electron chi connectivity index (χ3n) is 5.36. The first-order valence-corrected chi connectivity index (χ1v) is 9.89. The molecular formula is C23H28N2O3. The van der Waals surface area contributed by atoms with E-state index in [4.69, 9.17) is 4.74 Å². The van der Waals surface area contributed by atoms with Crippen LogP contribution >= 0.6 is 0 Å². The molecule has 0 saturated carbocycles. The molecule has 1 atom stereocenters. The number of amides is 2. The van der Waals surface area contributed by atoms with Crippen molar-refractivity contribution in [3.05, 3.63) is 59.2 Å². The molecule has 0 radical (unpaired) electrons. The molecular weight excluding hydrogens is 352 g/mol. The van der Waals surface area contributed by atoms with Gasteiger partial charge in [0.15, 0.2) is 0 Å². The molecule has 1 heterocycles. The van der Waals surface area contributed by atoms with Crippen LogP contribution < -0.4 is 15.0 Å². The number of hydrogen-bond donors (Lipinski definition) is 1. The summed E-state index contributed by atoms with van der Waals surface area (Å²) in [7, 11) is 1.63. The van der Waals surface area contributed by atoms with E-state index >= 15 is 0 Å². The van der Waals surface area contributed by atoms with Gasteiger partial charge in [-0.1, -0.05) is 44.2 Å². The van der Waals surface area contributed by atoms with Crippen molar-refractivity contribution in [1.29, 1.82) is 0 Å². The van der Waals surface area contributed by atoms with Crippen LogP contribution in [-0.4, -0.2) is 25.5 Å². The second-order valence-corrected chi connectivity index (χ2v) is 7.10. The Balaban J connectivity index is 1.68. The minimum absolute atomic E-state index is 0.0280. The number of carbonyl (C=O) groups is 2. The molecule has 3 rings (SSSR count). The molecule has 5 heteroatoms. The third-order valence-corrected chi connectivity index (χ3v) is 5.36. The van der Waals surface area contributed by atoms with Crippen LogP contribution in [-0.2, 0) is 29.0 Å². The van der Waals surface area contributed by atoms with Gasteiger partial charge in [-0.25, -0.2) is 0 Å². The number of benzene rings is 2. The Bertz CT molecular complexity index is 823. The van der Waals surface area contributed by atoms with Gasteiger partial charge in [0.2, 0.25) is 11.8 Å². The molecule has 2 aromatic rings. The normalized spacial score (nSPS) is 16.3. The molecule has 5 nitrogen and oxygen atoms in total. The fraction of sp³-hybridized carbons (Fsp3) is 0.391. The molecule has 0 aliphatic carbocycles. The van der Waals surface area contributed by atoms with Gasteiger partial charge in [0.05, 0.1) is 13.0 Å². The number of nitrogens with zero attached hydrogens (tertiary/aromatic N) is 1. The Hall–Kier alpha value is -2.82.